The third-order valence-corrected chi connectivity index (χ3v) is 3.27. The average molecular weight is 276 g/mol. The zero-order valence-corrected chi connectivity index (χ0v) is 12.0. The number of hydrogen-bond donors (Lipinski definition) is 1. The molecule has 0 fully saturated rings. The van der Waals surface area contributed by atoms with Crippen LogP contribution < -0.4 is 5.32 Å². The van der Waals surface area contributed by atoms with Crippen LogP contribution in [0.4, 0.5) is 5.69 Å². The minimum atomic E-state index is 0.650. The van der Waals surface area contributed by atoms with Gasteiger partial charge in [0.25, 0.3) is 0 Å². The van der Waals surface area contributed by atoms with Gasteiger partial charge in [0.1, 0.15) is 0 Å². The average Bonchev–Trinajstić information content (AvgIpc) is 2.42. The van der Waals surface area contributed by atoms with Crippen LogP contribution in [0.15, 0.2) is 42.5 Å². The van der Waals surface area contributed by atoms with Crippen molar-refractivity contribution < 1.29 is 4.74 Å². The van der Waals surface area contributed by atoms with Gasteiger partial charge in [-0.15, -0.1) is 0 Å². The SMILES string of the molecule is COCc1ccc(CNc2cc(C)ccc2Cl)cc1. The Kier molecular flexibility index (Phi) is 4.83. The van der Waals surface area contributed by atoms with Gasteiger partial charge in [0.15, 0.2) is 0 Å². The molecule has 0 saturated carbocycles. The third kappa shape index (κ3) is 3.98. The van der Waals surface area contributed by atoms with E-state index >= 15 is 0 Å². The van der Waals surface area contributed by atoms with Crippen LogP contribution in [0.5, 0.6) is 0 Å². The predicted octanol–water partition coefficient (Wildman–Crippen LogP) is 4.41. The second-order valence-corrected chi connectivity index (χ2v) is 4.99. The minimum absolute atomic E-state index is 0.650. The molecule has 0 aromatic heterocycles. The fourth-order valence-corrected chi connectivity index (χ4v) is 2.08. The van der Waals surface area contributed by atoms with Crippen molar-refractivity contribution in [3.8, 4) is 0 Å². The molecule has 0 atom stereocenters. The Hall–Kier alpha value is -1.51. The lowest BCUT2D eigenvalue weighted by Crippen LogP contribution is -2.00. The first-order valence-corrected chi connectivity index (χ1v) is 6.63. The Morgan fingerprint density at radius 1 is 1.05 bits per heavy atom. The number of anilines is 1. The molecule has 0 radical (unpaired) electrons. The van der Waals surface area contributed by atoms with Gasteiger partial charge in [-0.05, 0) is 35.7 Å². The molecular weight excluding hydrogens is 258 g/mol. The summed E-state index contributed by atoms with van der Waals surface area (Å²) in [6, 6.07) is 14.3. The van der Waals surface area contributed by atoms with Crippen molar-refractivity contribution in [2.45, 2.75) is 20.1 Å². The number of methoxy groups -OCH3 is 1. The molecule has 2 rings (SSSR count). The van der Waals surface area contributed by atoms with E-state index in [0.717, 1.165) is 17.3 Å². The van der Waals surface area contributed by atoms with Crippen LogP contribution in [-0.4, -0.2) is 7.11 Å². The summed E-state index contributed by atoms with van der Waals surface area (Å²) in [5, 5.41) is 4.11. The highest BCUT2D eigenvalue weighted by Crippen LogP contribution is 2.23. The van der Waals surface area contributed by atoms with E-state index < -0.39 is 0 Å². The monoisotopic (exact) mass is 275 g/mol. The van der Waals surface area contributed by atoms with Crippen molar-refractivity contribution in [3.05, 3.63) is 64.2 Å². The fourth-order valence-electron chi connectivity index (χ4n) is 1.89. The lowest BCUT2D eigenvalue weighted by atomic mass is 10.1. The maximum Gasteiger partial charge on any atom is 0.0713 e. The normalized spacial score (nSPS) is 10.5. The summed E-state index contributed by atoms with van der Waals surface area (Å²) in [6.45, 7) is 3.47. The zero-order valence-electron chi connectivity index (χ0n) is 11.2. The van der Waals surface area contributed by atoms with Crippen molar-refractivity contribution in [1.82, 2.24) is 0 Å². The van der Waals surface area contributed by atoms with E-state index in [1.807, 2.05) is 12.1 Å². The van der Waals surface area contributed by atoms with Gasteiger partial charge in [0, 0.05) is 13.7 Å². The van der Waals surface area contributed by atoms with Crippen LogP contribution in [0.2, 0.25) is 5.02 Å². The maximum atomic E-state index is 6.15. The third-order valence-electron chi connectivity index (χ3n) is 2.94. The lowest BCUT2D eigenvalue weighted by Gasteiger charge is -2.10. The van der Waals surface area contributed by atoms with E-state index in [0.29, 0.717) is 6.61 Å². The summed E-state index contributed by atoms with van der Waals surface area (Å²) < 4.78 is 5.09. The highest BCUT2D eigenvalue weighted by molar-refractivity contribution is 6.33. The minimum Gasteiger partial charge on any atom is -0.380 e. The molecule has 2 aromatic carbocycles. The second kappa shape index (κ2) is 6.60. The Labute approximate surface area is 119 Å². The number of ether oxygens (including phenoxy) is 1. The van der Waals surface area contributed by atoms with Crippen LogP contribution in [0.3, 0.4) is 0 Å². The van der Waals surface area contributed by atoms with Gasteiger partial charge in [-0.3, -0.25) is 0 Å². The highest BCUT2D eigenvalue weighted by Gasteiger charge is 2.00. The smallest absolute Gasteiger partial charge is 0.0713 e. The van der Waals surface area contributed by atoms with Crippen LogP contribution in [0.1, 0.15) is 16.7 Å². The molecule has 0 saturated heterocycles. The molecule has 0 aliphatic carbocycles. The molecule has 19 heavy (non-hydrogen) atoms. The number of rotatable bonds is 5. The first kappa shape index (κ1) is 13.9. The first-order chi connectivity index (χ1) is 9.19. The van der Waals surface area contributed by atoms with Gasteiger partial charge in [0.2, 0.25) is 0 Å². The van der Waals surface area contributed by atoms with E-state index in [1.165, 1.54) is 16.7 Å². The van der Waals surface area contributed by atoms with Gasteiger partial charge in [-0.2, -0.15) is 0 Å². The van der Waals surface area contributed by atoms with Crippen LogP contribution in [0.25, 0.3) is 0 Å². The standard InChI is InChI=1S/C16H18ClNO/c1-12-3-8-15(17)16(9-12)18-10-13-4-6-14(7-5-13)11-19-2/h3-9,18H,10-11H2,1-2H3. The van der Waals surface area contributed by atoms with Crippen molar-refractivity contribution in [2.75, 3.05) is 12.4 Å². The number of aryl methyl sites for hydroxylation is 1. The Morgan fingerprint density at radius 2 is 1.74 bits per heavy atom. The molecule has 100 valence electrons. The molecule has 0 amide bonds. The summed E-state index contributed by atoms with van der Waals surface area (Å²) >= 11 is 6.15. The predicted molar refractivity (Wildman–Crippen MR) is 80.7 cm³/mol. The zero-order chi connectivity index (χ0) is 13.7. The molecule has 0 heterocycles. The van der Waals surface area contributed by atoms with Gasteiger partial charge < -0.3 is 10.1 Å². The largest absolute Gasteiger partial charge is 0.380 e. The molecule has 0 bridgehead atoms. The number of hydrogen-bond acceptors (Lipinski definition) is 2. The molecule has 1 N–H and O–H groups in total. The molecule has 3 heteroatoms. The lowest BCUT2D eigenvalue weighted by molar-refractivity contribution is 0.185. The van der Waals surface area contributed by atoms with Gasteiger partial charge in [-0.1, -0.05) is 41.9 Å². The summed E-state index contributed by atoms with van der Waals surface area (Å²) in [5.74, 6) is 0. The first-order valence-electron chi connectivity index (χ1n) is 6.26. The van der Waals surface area contributed by atoms with Gasteiger partial charge in [-0.25, -0.2) is 0 Å². The summed E-state index contributed by atoms with van der Waals surface area (Å²) in [5.41, 5.74) is 4.57. The van der Waals surface area contributed by atoms with E-state index in [-0.39, 0.29) is 0 Å². The van der Waals surface area contributed by atoms with Crippen molar-refractivity contribution >= 4 is 17.3 Å². The summed E-state index contributed by atoms with van der Waals surface area (Å²) in [6.07, 6.45) is 0. The molecule has 0 spiro atoms. The molecule has 2 aromatic rings. The molecule has 0 unspecified atom stereocenters. The Bertz CT molecular complexity index is 537. The highest BCUT2D eigenvalue weighted by atomic mass is 35.5. The topological polar surface area (TPSA) is 21.3 Å². The Balaban J connectivity index is 2.00. The molecular formula is C16H18ClNO. The van der Waals surface area contributed by atoms with Crippen LogP contribution >= 0.6 is 11.6 Å². The van der Waals surface area contributed by atoms with E-state index in [2.05, 4.69) is 42.6 Å². The van der Waals surface area contributed by atoms with Crippen molar-refractivity contribution in [3.63, 3.8) is 0 Å². The van der Waals surface area contributed by atoms with Gasteiger partial charge in [0.05, 0.1) is 17.3 Å². The van der Waals surface area contributed by atoms with E-state index in [9.17, 15) is 0 Å². The summed E-state index contributed by atoms with van der Waals surface area (Å²) in [4.78, 5) is 0. The molecule has 2 nitrogen and oxygen atoms in total. The summed E-state index contributed by atoms with van der Waals surface area (Å²) in [7, 11) is 1.70. The van der Waals surface area contributed by atoms with Crippen LogP contribution in [0, 0.1) is 6.92 Å². The molecule has 0 aliphatic rings. The maximum absolute atomic E-state index is 6.15. The number of halogens is 1. The molecule has 0 aliphatic heterocycles. The second-order valence-electron chi connectivity index (χ2n) is 4.59. The van der Waals surface area contributed by atoms with E-state index in [1.54, 1.807) is 7.11 Å². The van der Waals surface area contributed by atoms with Crippen molar-refractivity contribution in [1.29, 1.82) is 0 Å². The number of nitrogens with one attached hydrogen (secondary N) is 1. The van der Waals surface area contributed by atoms with Gasteiger partial charge >= 0.3 is 0 Å². The van der Waals surface area contributed by atoms with Crippen molar-refractivity contribution in [2.24, 2.45) is 0 Å². The van der Waals surface area contributed by atoms with E-state index in [4.69, 9.17) is 16.3 Å². The fraction of sp³-hybridized carbons (Fsp3) is 0.250. The Morgan fingerprint density at radius 3 is 2.42 bits per heavy atom. The quantitative estimate of drug-likeness (QED) is 0.873. The van der Waals surface area contributed by atoms with Crippen LogP contribution in [-0.2, 0) is 17.9 Å². The number of benzene rings is 2.